The topological polar surface area (TPSA) is 117 Å². The van der Waals surface area contributed by atoms with Crippen LogP contribution in [0.1, 0.15) is 24.1 Å². The molecule has 168 valence electrons. The predicted octanol–water partition coefficient (Wildman–Crippen LogP) is 3.00. The Labute approximate surface area is 186 Å². The number of ether oxygens (including phenoxy) is 1. The molecule has 8 heteroatoms. The van der Waals surface area contributed by atoms with Gasteiger partial charge in [-0.1, -0.05) is 47.6 Å². The van der Waals surface area contributed by atoms with E-state index >= 15 is 0 Å². The van der Waals surface area contributed by atoms with E-state index in [9.17, 15) is 15.0 Å². The summed E-state index contributed by atoms with van der Waals surface area (Å²) in [5.74, 6) is 0.730. The summed E-state index contributed by atoms with van der Waals surface area (Å²) in [7, 11) is 0. The van der Waals surface area contributed by atoms with E-state index in [2.05, 4.69) is 15.8 Å². The number of hydrogen-bond donors (Lipinski definition) is 4. The monoisotopic (exact) mass is 437 g/mol. The number of urea groups is 1. The van der Waals surface area contributed by atoms with E-state index in [0.29, 0.717) is 31.6 Å². The lowest BCUT2D eigenvalue weighted by molar-refractivity contribution is -0.113. The van der Waals surface area contributed by atoms with Crippen molar-refractivity contribution in [2.24, 2.45) is 0 Å². The highest BCUT2D eigenvalue weighted by Gasteiger charge is 2.30. The van der Waals surface area contributed by atoms with E-state index in [1.165, 1.54) is 0 Å². The number of aromatic hydroxyl groups is 1. The summed E-state index contributed by atoms with van der Waals surface area (Å²) < 4.78 is 11.4. The minimum Gasteiger partial charge on any atom is -0.508 e. The van der Waals surface area contributed by atoms with E-state index in [0.717, 1.165) is 16.8 Å². The first-order chi connectivity index (χ1) is 15.6. The smallest absolute Gasteiger partial charge is 0.315 e. The van der Waals surface area contributed by atoms with Crippen molar-refractivity contribution in [2.75, 3.05) is 6.54 Å². The molecule has 3 aromatic rings. The summed E-state index contributed by atoms with van der Waals surface area (Å²) in [6, 6.07) is 17.9. The average Bonchev–Trinajstić information content (AvgIpc) is 3.27. The van der Waals surface area contributed by atoms with Crippen LogP contribution in [0, 0.1) is 0 Å². The van der Waals surface area contributed by atoms with Crippen LogP contribution < -0.4 is 10.6 Å². The van der Waals surface area contributed by atoms with E-state index < -0.39 is 12.2 Å². The molecule has 2 heterocycles. The zero-order chi connectivity index (χ0) is 22.3. The van der Waals surface area contributed by atoms with Gasteiger partial charge in [-0.15, -0.1) is 0 Å². The molecule has 32 heavy (non-hydrogen) atoms. The second-order valence-corrected chi connectivity index (χ2v) is 7.93. The number of nitrogens with one attached hydrogen (secondary N) is 2. The Morgan fingerprint density at radius 3 is 2.72 bits per heavy atom. The molecular formula is C24H27N3O5. The molecule has 4 rings (SSSR count). The number of carbonyl (C=O) groups excluding carboxylic acids is 1. The molecule has 8 nitrogen and oxygen atoms in total. The zero-order valence-electron chi connectivity index (χ0n) is 17.6. The van der Waals surface area contributed by atoms with Crippen molar-refractivity contribution in [3.8, 4) is 17.1 Å². The van der Waals surface area contributed by atoms with Gasteiger partial charge in [0.2, 0.25) is 0 Å². The zero-order valence-corrected chi connectivity index (χ0v) is 17.6. The van der Waals surface area contributed by atoms with Crippen molar-refractivity contribution < 1.29 is 24.3 Å². The van der Waals surface area contributed by atoms with Gasteiger partial charge in [-0.3, -0.25) is 0 Å². The van der Waals surface area contributed by atoms with Crippen LogP contribution in [0.25, 0.3) is 11.3 Å². The second-order valence-electron chi connectivity index (χ2n) is 7.93. The lowest BCUT2D eigenvalue weighted by Crippen LogP contribution is -2.48. The van der Waals surface area contributed by atoms with Gasteiger partial charge in [0.1, 0.15) is 11.9 Å². The first kappa shape index (κ1) is 21.9. The van der Waals surface area contributed by atoms with Gasteiger partial charge in [0.25, 0.3) is 0 Å². The first-order valence-corrected chi connectivity index (χ1v) is 10.7. The fourth-order valence-electron chi connectivity index (χ4n) is 3.75. The summed E-state index contributed by atoms with van der Waals surface area (Å²) in [4.78, 5) is 12.1. The largest absolute Gasteiger partial charge is 0.508 e. The highest BCUT2D eigenvalue weighted by molar-refractivity contribution is 5.73. The highest BCUT2D eigenvalue weighted by Crippen LogP contribution is 2.26. The lowest BCUT2D eigenvalue weighted by Gasteiger charge is -2.33. The Morgan fingerprint density at radius 1 is 1.06 bits per heavy atom. The average molecular weight is 437 g/mol. The Bertz CT molecular complexity index is 1020. The summed E-state index contributed by atoms with van der Waals surface area (Å²) in [5.41, 5.74) is 2.48. The third-order valence-electron chi connectivity index (χ3n) is 5.47. The fourth-order valence-corrected chi connectivity index (χ4v) is 3.75. The summed E-state index contributed by atoms with van der Waals surface area (Å²) in [5, 5.41) is 29.6. The van der Waals surface area contributed by atoms with Gasteiger partial charge in [0, 0.05) is 31.1 Å². The first-order valence-electron chi connectivity index (χ1n) is 10.7. The van der Waals surface area contributed by atoms with E-state index in [1.54, 1.807) is 18.2 Å². The molecule has 0 aliphatic carbocycles. The maximum Gasteiger partial charge on any atom is 0.315 e. The number of nitrogens with zero attached hydrogens (tertiary/aromatic N) is 1. The maximum atomic E-state index is 12.1. The molecule has 2 amide bonds. The number of rotatable bonds is 7. The number of aliphatic hydroxyl groups is 1. The van der Waals surface area contributed by atoms with Crippen LogP contribution in [0.3, 0.4) is 0 Å². The summed E-state index contributed by atoms with van der Waals surface area (Å²) in [6.07, 6.45) is 0.534. The number of carbonyl (C=O) groups is 1. The molecule has 0 spiro atoms. The Balaban J connectivity index is 1.26. The van der Waals surface area contributed by atoms with Crippen LogP contribution in [-0.2, 0) is 17.7 Å². The van der Waals surface area contributed by atoms with Crippen molar-refractivity contribution in [1.29, 1.82) is 0 Å². The van der Waals surface area contributed by atoms with E-state index in [-0.39, 0.29) is 24.4 Å². The molecule has 4 N–H and O–H groups in total. The lowest BCUT2D eigenvalue weighted by atomic mass is 9.98. The van der Waals surface area contributed by atoms with Crippen molar-refractivity contribution in [3.63, 3.8) is 0 Å². The van der Waals surface area contributed by atoms with Crippen LogP contribution in [0.15, 0.2) is 65.2 Å². The molecule has 1 aliphatic rings. The van der Waals surface area contributed by atoms with E-state index in [1.807, 2.05) is 42.5 Å². The summed E-state index contributed by atoms with van der Waals surface area (Å²) in [6.45, 7) is 0.642. The maximum absolute atomic E-state index is 12.1. The quantitative estimate of drug-likeness (QED) is 0.452. The van der Waals surface area contributed by atoms with Gasteiger partial charge in [-0.25, -0.2) is 4.79 Å². The van der Waals surface area contributed by atoms with Gasteiger partial charge in [0.05, 0.1) is 17.9 Å². The molecule has 2 aromatic carbocycles. The summed E-state index contributed by atoms with van der Waals surface area (Å²) >= 11 is 0. The van der Waals surface area contributed by atoms with Crippen LogP contribution in [0.4, 0.5) is 4.79 Å². The van der Waals surface area contributed by atoms with Gasteiger partial charge < -0.3 is 30.1 Å². The van der Waals surface area contributed by atoms with Gasteiger partial charge >= 0.3 is 6.03 Å². The number of phenolic OH excluding ortho intramolecular Hbond substituents is 1. The van der Waals surface area contributed by atoms with Crippen molar-refractivity contribution >= 4 is 6.03 Å². The SMILES string of the molecule is O=C(NCc1ccccc1)NCC1OC(Cc2cc(-c3cccc(O)c3)on2)CCC1O. The van der Waals surface area contributed by atoms with E-state index in [4.69, 9.17) is 9.26 Å². The third kappa shape index (κ3) is 5.87. The minimum absolute atomic E-state index is 0.139. The normalized spacial score (nSPS) is 20.6. The molecule has 1 fully saturated rings. The third-order valence-corrected chi connectivity index (χ3v) is 5.47. The minimum atomic E-state index is -0.638. The number of phenols is 1. The van der Waals surface area contributed by atoms with Crippen molar-refractivity contribution in [3.05, 3.63) is 71.9 Å². The highest BCUT2D eigenvalue weighted by atomic mass is 16.5. The van der Waals surface area contributed by atoms with Crippen LogP contribution in [0.5, 0.6) is 5.75 Å². The van der Waals surface area contributed by atoms with Gasteiger partial charge in [0.15, 0.2) is 5.76 Å². The Kier molecular flexibility index (Phi) is 7.03. The number of hydrogen-bond acceptors (Lipinski definition) is 6. The molecule has 3 unspecified atom stereocenters. The van der Waals surface area contributed by atoms with Crippen molar-refractivity contribution in [1.82, 2.24) is 15.8 Å². The number of aromatic nitrogens is 1. The molecule has 0 radical (unpaired) electrons. The standard InChI is InChI=1S/C24H27N3O5/c28-19-8-4-7-17(11-19)22-13-18(27-32-22)12-20-9-10-21(29)23(31-20)15-26-24(30)25-14-16-5-2-1-3-6-16/h1-8,11,13,20-21,23,28-29H,9-10,12,14-15H2,(H2,25,26,30). The molecule has 1 aliphatic heterocycles. The number of aliphatic hydroxyl groups excluding tert-OH is 1. The van der Waals surface area contributed by atoms with Gasteiger partial charge in [-0.05, 0) is 30.5 Å². The Morgan fingerprint density at radius 2 is 1.91 bits per heavy atom. The van der Waals surface area contributed by atoms with Crippen LogP contribution >= 0.6 is 0 Å². The Hall–Kier alpha value is -3.36. The molecule has 1 aromatic heterocycles. The van der Waals surface area contributed by atoms with Gasteiger partial charge in [-0.2, -0.15) is 0 Å². The van der Waals surface area contributed by atoms with Crippen molar-refractivity contribution in [2.45, 2.75) is 44.1 Å². The van der Waals surface area contributed by atoms with Crippen LogP contribution in [0.2, 0.25) is 0 Å². The molecular weight excluding hydrogens is 410 g/mol. The van der Waals surface area contributed by atoms with Crippen LogP contribution in [-0.4, -0.2) is 46.3 Å². The fraction of sp³-hybridized carbons (Fsp3) is 0.333. The molecule has 0 bridgehead atoms. The number of amides is 2. The number of benzene rings is 2. The molecule has 3 atom stereocenters. The molecule has 1 saturated heterocycles. The predicted molar refractivity (Wildman–Crippen MR) is 118 cm³/mol. The molecule has 0 saturated carbocycles. The second kappa shape index (κ2) is 10.3.